The first-order valence-electron chi connectivity index (χ1n) is 6.24. The molecule has 0 fully saturated rings. The first-order chi connectivity index (χ1) is 9.59. The van der Waals surface area contributed by atoms with Crippen molar-refractivity contribution in [2.24, 2.45) is 0 Å². The Hall–Kier alpha value is -2.69. The van der Waals surface area contributed by atoms with Crippen LogP contribution in [-0.4, -0.2) is 21.7 Å². The number of nitrogens with two attached hydrogens (primary N) is 1. The van der Waals surface area contributed by atoms with Gasteiger partial charge in [0.05, 0.1) is 17.7 Å². The van der Waals surface area contributed by atoms with E-state index in [0.29, 0.717) is 16.8 Å². The largest absolute Gasteiger partial charge is 0.399 e. The number of rotatable bonds is 2. The van der Waals surface area contributed by atoms with Gasteiger partial charge in [0.1, 0.15) is 0 Å². The standard InChI is InChI=1S/C15H13N3O2/c1-9-10(3-2-4-13(9)16)8-18-14(19)11-5-6-17-7-12(11)15(18)20/h2-7H,8,16H2,1H3. The van der Waals surface area contributed by atoms with Crippen molar-refractivity contribution < 1.29 is 9.59 Å². The van der Waals surface area contributed by atoms with Gasteiger partial charge in [0.25, 0.3) is 11.8 Å². The molecule has 3 rings (SSSR count). The van der Waals surface area contributed by atoms with Crippen LogP contribution >= 0.6 is 0 Å². The van der Waals surface area contributed by atoms with Crippen molar-refractivity contribution in [2.45, 2.75) is 13.5 Å². The van der Waals surface area contributed by atoms with Crippen LogP contribution in [0.4, 0.5) is 5.69 Å². The lowest BCUT2D eigenvalue weighted by Crippen LogP contribution is -2.29. The van der Waals surface area contributed by atoms with Gasteiger partial charge in [0, 0.05) is 18.1 Å². The lowest BCUT2D eigenvalue weighted by atomic mass is 10.1. The van der Waals surface area contributed by atoms with Crippen molar-refractivity contribution in [1.82, 2.24) is 9.88 Å². The van der Waals surface area contributed by atoms with Crippen LogP contribution in [0.15, 0.2) is 36.7 Å². The number of imide groups is 1. The fourth-order valence-corrected chi connectivity index (χ4v) is 2.32. The van der Waals surface area contributed by atoms with Gasteiger partial charge in [-0.1, -0.05) is 12.1 Å². The Balaban J connectivity index is 1.96. The quantitative estimate of drug-likeness (QED) is 0.664. The van der Waals surface area contributed by atoms with Crippen LogP contribution in [0.5, 0.6) is 0 Å². The van der Waals surface area contributed by atoms with Gasteiger partial charge >= 0.3 is 0 Å². The number of amides is 2. The molecule has 2 heterocycles. The molecule has 2 amide bonds. The Morgan fingerprint density at radius 2 is 1.90 bits per heavy atom. The van der Waals surface area contributed by atoms with Gasteiger partial charge in [-0.3, -0.25) is 19.5 Å². The van der Waals surface area contributed by atoms with Gasteiger partial charge in [0.15, 0.2) is 0 Å². The molecule has 5 heteroatoms. The van der Waals surface area contributed by atoms with Crippen LogP contribution in [0.3, 0.4) is 0 Å². The minimum atomic E-state index is -0.306. The molecule has 0 saturated carbocycles. The van der Waals surface area contributed by atoms with Crippen LogP contribution in [0, 0.1) is 6.92 Å². The molecular weight excluding hydrogens is 254 g/mol. The fraction of sp³-hybridized carbons (Fsp3) is 0.133. The molecule has 0 radical (unpaired) electrons. The number of carbonyl (C=O) groups excluding carboxylic acids is 2. The molecule has 0 saturated heterocycles. The zero-order chi connectivity index (χ0) is 14.3. The Morgan fingerprint density at radius 1 is 1.15 bits per heavy atom. The summed E-state index contributed by atoms with van der Waals surface area (Å²) in [6.45, 7) is 2.10. The summed E-state index contributed by atoms with van der Waals surface area (Å²) in [6, 6.07) is 7.05. The van der Waals surface area contributed by atoms with E-state index in [1.54, 1.807) is 12.1 Å². The molecule has 1 aromatic carbocycles. The van der Waals surface area contributed by atoms with E-state index in [9.17, 15) is 9.59 Å². The summed E-state index contributed by atoms with van der Waals surface area (Å²) in [5, 5.41) is 0. The summed E-state index contributed by atoms with van der Waals surface area (Å²) in [5.74, 6) is -0.589. The maximum atomic E-state index is 12.3. The zero-order valence-corrected chi connectivity index (χ0v) is 11.0. The van der Waals surface area contributed by atoms with E-state index in [1.165, 1.54) is 17.3 Å². The molecule has 1 aliphatic heterocycles. The predicted molar refractivity (Wildman–Crippen MR) is 74.0 cm³/mol. The van der Waals surface area contributed by atoms with E-state index in [0.717, 1.165) is 11.1 Å². The lowest BCUT2D eigenvalue weighted by Gasteiger charge is -2.16. The predicted octanol–water partition coefficient (Wildman–Crippen LogP) is 1.77. The van der Waals surface area contributed by atoms with Gasteiger partial charge < -0.3 is 5.73 Å². The van der Waals surface area contributed by atoms with E-state index in [4.69, 9.17) is 5.73 Å². The van der Waals surface area contributed by atoms with Crippen LogP contribution in [-0.2, 0) is 6.54 Å². The third kappa shape index (κ3) is 1.75. The van der Waals surface area contributed by atoms with Crippen molar-refractivity contribution in [3.63, 3.8) is 0 Å². The maximum Gasteiger partial charge on any atom is 0.263 e. The molecule has 1 aromatic heterocycles. The highest BCUT2D eigenvalue weighted by atomic mass is 16.2. The summed E-state index contributed by atoms with van der Waals surface area (Å²) in [5.41, 5.74) is 9.03. The van der Waals surface area contributed by atoms with Crippen molar-refractivity contribution in [3.8, 4) is 0 Å². The number of fused-ring (bicyclic) bond motifs is 1. The molecule has 5 nitrogen and oxygen atoms in total. The van der Waals surface area contributed by atoms with Crippen LogP contribution in [0.1, 0.15) is 31.8 Å². The third-order valence-electron chi connectivity index (χ3n) is 3.59. The molecular formula is C15H13N3O2. The summed E-state index contributed by atoms with van der Waals surface area (Å²) in [6.07, 6.45) is 2.95. The van der Waals surface area contributed by atoms with Gasteiger partial charge in [-0.15, -0.1) is 0 Å². The van der Waals surface area contributed by atoms with Crippen molar-refractivity contribution >= 4 is 17.5 Å². The lowest BCUT2D eigenvalue weighted by molar-refractivity contribution is 0.0642. The molecule has 100 valence electrons. The number of hydrogen-bond donors (Lipinski definition) is 1. The second kappa shape index (κ2) is 4.45. The topological polar surface area (TPSA) is 76.3 Å². The Morgan fingerprint density at radius 3 is 2.65 bits per heavy atom. The molecule has 0 aliphatic carbocycles. The Kier molecular flexibility index (Phi) is 2.75. The Bertz CT molecular complexity index is 690. The number of pyridine rings is 1. The number of carbonyl (C=O) groups is 2. The van der Waals surface area contributed by atoms with Gasteiger partial charge in [-0.05, 0) is 30.2 Å². The van der Waals surface area contributed by atoms with Crippen LogP contribution < -0.4 is 5.73 Å². The summed E-state index contributed by atoms with van der Waals surface area (Å²) in [7, 11) is 0. The second-order valence-electron chi connectivity index (χ2n) is 4.75. The Labute approximate surface area is 116 Å². The van der Waals surface area contributed by atoms with E-state index in [2.05, 4.69) is 4.98 Å². The normalized spacial score (nSPS) is 13.8. The fourth-order valence-electron chi connectivity index (χ4n) is 2.32. The molecule has 0 bridgehead atoms. The number of benzene rings is 1. The summed E-state index contributed by atoms with van der Waals surface area (Å²) in [4.78, 5) is 29.6. The van der Waals surface area contributed by atoms with Gasteiger partial charge in [-0.25, -0.2) is 0 Å². The zero-order valence-electron chi connectivity index (χ0n) is 11.0. The van der Waals surface area contributed by atoms with Crippen molar-refractivity contribution in [3.05, 3.63) is 58.9 Å². The minimum Gasteiger partial charge on any atom is -0.399 e. The molecule has 0 atom stereocenters. The monoisotopic (exact) mass is 267 g/mol. The maximum absolute atomic E-state index is 12.3. The van der Waals surface area contributed by atoms with Crippen molar-refractivity contribution in [2.75, 3.05) is 5.73 Å². The van der Waals surface area contributed by atoms with Gasteiger partial charge in [-0.2, -0.15) is 0 Å². The molecule has 20 heavy (non-hydrogen) atoms. The average Bonchev–Trinajstić information content (AvgIpc) is 2.69. The van der Waals surface area contributed by atoms with E-state index in [-0.39, 0.29) is 18.4 Å². The van der Waals surface area contributed by atoms with E-state index < -0.39 is 0 Å². The third-order valence-corrected chi connectivity index (χ3v) is 3.59. The average molecular weight is 267 g/mol. The molecule has 0 unspecified atom stereocenters. The number of aromatic nitrogens is 1. The van der Waals surface area contributed by atoms with Crippen LogP contribution in [0.25, 0.3) is 0 Å². The van der Waals surface area contributed by atoms with Gasteiger partial charge in [0.2, 0.25) is 0 Å². The smallest absolute Gasteiger partial charge is 0.263 e. The summed E-state index contributed by atoms with van der Waals surface area (Å²) < 4.78 is 0. The first kappa shape index (κ1) is 12.3. The SMILES string of the molecule is Cc1c(N)cccc1CN1C(=O)c2ccncc2C1=O. The molecule has 2 aromatic rings. The summed E-state index contributed by atoms with van der Waals surface area (Å²) >= 11 is 0. The molecule has 1 aliphatic rings. The number of anilines is 1. The highest BCUT2D eigenvalue weighted by Crippen LogP contribution is 2.25. The highest BCUT2D eigenvalue weighted by molar-refractivity contribution is 6.21. The molecule has 2 N–H and O–H groups in total. The van der Waals surface area contributed by atoms with Crippen LogP contribution in [0.2, 0.25) is 0 Å². The second-order valence-corrected chi connectivity index (χ2v) is 4.75. The number of nitrogen functional groups attached to an aromatic ring is 1. The highest BCUT2D eigenvalue weighted by Gasteiger charge is 2.35. The molecule has 0 spiro atoms. The minimum absolute atomic E-state index is 0.225. The first-order valence-corrected chi connectivity index (χ1v) is 6.24. The van der Waals surface area contributed by atoms with E-state index in [1.807, 2.05) is 19.1 Å². The number of nitrogens with zero attached hydrogens (tertiary/aromatic N) is 2. The van der Waals surface area contributed by atoms with Crippen molar-refractivity contribution in [1.29, 1.82) is 0 Å². The van der Waals surface area contributed by atoms with E-state index >= 15 is 0 Å². The number of hydrogen-bond acceptors (Lipinski definition) is 4.